The summed E-state index contributed by atoms with van der Waals surface area (Å²) in [5.41, 5.74) is -7.58. The molecule has 0 aliphatic carbocycles. The molecule has 2 rings (SSSR count). The van der Waals surface area contributed by atoms with Crippen LogP contribution in [0.3, 0.4) is 0 Å². The molecular weight excluding hydrogens is 329 g/mol. The minimum atomic E-state index is -5.43. The van der Waals surface area contributed by atoms with Crippen LogP contribution >= 0.6 is 0 Å². The smallest absolute Gasteiger partial charge is 0.372 e. The quantitative estimate of drug-likeness (QED) is 0.791. The molecule has 1 atom stereocenters. The van der Waals surface area contributed by atoms with Gasteiger partial charge < -0.3 is 5.11 Å². The van der Waals surface area contributed by atoms with Gasteiger partial charge in [-0.25, -0.2) is 4.39 Å². The van der Waals surface area contributed by atoms with E-state index < -0.39 is 40.5 Å². The number of halogens is 7. The fourth-order valence-electron chi connectivity index (χ4n) is 2.15. The third-order valence-corrected chi connectivity index (χ3v) is 3.28. The van der Waals surface area contributed by atoms with Crippen LogP contribution in [0, 0.1) is 5.82 Å². The van der Waals surface area contributed by atoms with Crippen molar-refractivity contribution in [2.45, 2.75) is 18.0 Å². The summed E-state index contributed by atoms with van der Waals surface area (Å²) in [6.45, 7) is 0. The molecule has 0 aliphatic rings. The van der Waals surface area contributed by atoms with Crippen molar-refractivity contribution < 1.29 is 35.8 Å². The number of benzene rings is 2. The summed E-state index contributed by atoms with van der Waals surface area (Å²) in [6.07, 6.45) is -10.3. The Morgan fingerprint density at radius 2 is 1.30 bits per heavy atom. The van der Waals surface area contributed by atoms with Gasteiger partial charge in [-0.3, -0.25) is 0 Å². The number of aliphatic hydroxyl groups is 1. The first-order valence-corrected chi connectivity index (χ1v) is 6.20. The second-order valence-electron chi connectivity index (χ2n) is 4.77. The van der Waals surface area contributed by atoms with E-state index in [0.717, 1.165) is 18.2 Å². The monoisotopic (exact) mass is 338 g/mol. The van der Waals surface area contributed by atoms with Gasteiger partial charge in [-0.1, -0.05) is 30.3 Å². The van der Waals surface area contributed by atoms with Gasteiger partial charge in [0.25, 0.3) is 0 Å². The molecule has 2 aromatic carbocycles. The average Bonchev–Trinajstić information content (AvgIpc) is 2.45. The van der Waals surface area contributed by atoms with Gasteiger partial charge in [0.15, 0.2) is 0 Å². The summed E-state index contributed by atoms with van der Waals surface area (Å²) in [4.78, 5) is 0. The molecule has 1 unspecified atom stereocenters. The van der Waals surface area contributed by atoms with E-state index in [4.69, 9.17) is 0 Å². The first kappa shape index (κ1) is 17.3. The van der Waals surface area contributed by atoms with E-state index in [0.29, 0.717) is 24.3 Å². The predicted molar refractivity (Wildman–Crippen MR) is 66.9 cm³/mol. The first-order valence-electron chi connectivity index (χ1n) is 6.20. The number of hydrogen-bond acceptors (Lipinski definition) is 1. The van der Waals surface area contributed by atoms with Gasteiger partial charge in [0.2, 0.25) is 5.60 Å². The van der Waals surface area contributed by atoms with Crippen molar-refractivity contribution >= 4 is 0 Å². The fraction of sp³-hybridized carbons (Fsp3) is 0.200. The summed E-state index contributed by atoms with van der Waals surface area (Å²) in [5.74, 6) is -1.38. The second kappa shape index (κ2) is 5.52. The average molecular weight is 338 g/mol. The molecule has 8 heteroatoms. The first-order chi connectivity index (χ1) is 10.5. The highest BCUT2D eigenvalue weighted by molar-refractivity contribution is 5.41. The summed E-state index contributed by atoms with van der Waals surface area (Å²) in [6, 6.07) is 5.58. The molecular formula is C15H9F7O. The van der Waals surface area contributed by atoms with Gasteiger partial charge in [-0.05, 0) is 23.8 Å². The molecule has 0 saturated heterocycles. The van der Waals surface area contributed by atoms with Crippen LogP contribution in [-0.2, 0) is 11.8 Å². The summed E-state index contributed by atoms with van der Waals surface area (Å²) in [7, 11) is 0. The molecule has 0 bridgehead atoms. The molecule has 0 aromatic heterocycles. The Bertz CT molecular complexity index is 705. The van der Waals surface area contributed by atoms with Crippen molar-refractivity contribution in [2.75, 3.05) is 0 Å². The molecule has 0 aliphatic heterocycles. The topological polar surface area (TPSA) is 20.2 Å². The van der Waals surface area contributed by atoms with Crippen molar-refractivity contribution in [1.29, 1.82) is 0 Å². The maximum atomic E-state index is 13.8. The Morgan fingerprint density at radius 3 is 1.83 bits per heavy atom. The molecule has 0 radical (unpaired) electrons. The van der Waals surface area contributed by atoms with Gasteiger partial charge in [-0.2, -0.15) is 26.3 Å². The number of rotatable bonds is 2. The summed E-state index contributed by atoms with van der Waals surface area (Å²) in [5, 5.41) is 10.1. The Balaban J connectivity index is 2.74. The zero-order chi connectivity index (χ0) is 17.5. The Morgan fingerprint density at radius 1 is 0.739 bits per heavy atom. The minimum Gasteiger partial charge on any atom is -0.372 e. The third kappa shape index (κ3) is 3.03. The lowest BCUT2D eigenvalue weighted by atomic mass is 9.84. The van der Waals surface area contributed by atoms with Crippen molar-refractivity contribution in [3.8, 4) is 0 Å². The maximum absolute atomic E-state index is 13.8. The van der Waals surface area contributed by atoms with Crippen molar-refractivity contribution in [1.82, 2.24) is 0 Å². The molecule has 0 spiro atoms. The molecule has 0 heterocycles. The van der Waals surface area contributed by atoms with Crippen LogP contribution in [-0.4, -0.2) is 11.3 Å². The highest BCUT2D eigenvalue weighted by Crippen LogP contribution is 2.46. The third-order valence-electron chi connectivity index (χ3n) is 3.28. The van der Waals surface area contributed by atoms with Crippen LogP contribution in [0.15, 0.2) is 48.5 Å². The number of alkyl halides is 6. The molecule has 0 fully saturated rings. The van der Waals surface area contributed by atoms with Crippen LogP contribution in [0.4, 0.5) is 30.7 Å². The fourth-order valence-corrected chi connectivity index (χ4v) is 2.15. The van der Waals surface area contributed by atoms with Gasteiger partial charge in [0, 0.05) is 5.56 Å². The van der Waals surface area contributed by atoms with Crippen LogP contribution in [0.1, 0.15) is 16.7 Å². The molecule has 2 aromatic rings. The predicted octanol–water partition coefficient (Wildman–Crippen LogP) is 4.64. The summed E-state index contributed by atoms with van der Waals surface area (Å²) < 4.78 is 92.0. The van der Waals surface area contributed by atoms with Crippen LogP contribution in [0.5, 0.6) is 0 Å². The standard InChI is InChI=1S/C15H9F7O/c16-12-7-2-1-6-11(12)13(23,15(20,21)22)9-4-3-5-10(8-9)14(17,18)19/h1-8,23H. The zero-order valence-electron chi connectivity index (χ0n) is 11.2. The molecule has 124 valence electrons. The van der Waals surface area contributed by atoms with Crippen LogP contribution in [0.25, 0.3) is 0 Å². The number of hydrogen-bond donors (Lipinski definition) is 1. The SMILES string of the molecule is OC(c1cccc(C(F)(F)F)c1)(c1ccccc1F)C(F)(F)F. The Hall–Kier alpha value is -2.09. The molecule has 1 N–H and O–H groups in total. The normalized spacial score (nSPS) is 15.3. The van der Waals surface area contributed by atoms with Crippen LogP contribution in [0.2, 0.25) is 0 Å². The Kier molecular flexibility index (Phi) is 4.14. The zero-order valence-corrected chi connectivity index (χ0v) is 11.2. The molecule has 0 saturated carbocycles. The Labute approximate surface area is 126 Å². The van der Waals surface area contributed by atoms with Gasteiger partial charge in [0.1, 0.15) is 5.82 Å². The van der Waals surface area contributed by atoms with E-state index in [2.05, 4.69) is 0 Å². The van der Waals surface area contributed by atoms with E-state index in [-0.39, 0.29) is 6.07 Å². The van der Waals surface area contributed by atoms with E-state index in [1.807, 2.05) is 0 Å². The van der Waals surface area contributed by atoms with Crippen LogP contribution < -0.4 is 0 Å². The van der Waals surface area contributed by atoms with Crippen molar-refractivity contribution in [3.63, 3.8) is 0 Å². The van der Waals surface area contributed by atoms with Crippen molar-refractivity contribution in [3.05, 3.63) is 71.0 Å². The molecule has 0 amide bonds. The maximum Gasteiger partial charge on any atom is 0.425 e. The lowest BCUT2D eigenvalue weighted by molar-refractivity contribution is -0.249. The van der Waals surface area contributed by atoms with E-state index in [9.17, 15) is 35.8 Å². The van der Waals surface area contributed by atoms with E-state index in [1.54, 1.807) is 0 Å². The highest BCUT2D eigenvalue weighted by Gasteiger charge is 2.57. The van der Waals surface area contributed by atoms with Gasteiger partial charge in [0.05, 0.1) is 5.56 Å². The lowest BCUT2D eigenvalue weighted by Gasteiger charge is -2.32. The van der Waals surface area contributed by atoms with E-state index >= 15 is 0 Å². The largest absolute Gasteiger partial charge is 0.425 e. The van der Waals surface area contributed by atoms with Gasteiger partial charge in [-0.15, -0.1) is 0 Å². The second-order valence-corrected chi connectivity index (χ2v) is 4.77. The molecule has 1 nitrogen and oxygen atoms in total. The van der Waals surface area contributed by atoms with Crippen molar-refractivity contribution in [2.24, 2.45) is 0 Å². The lowest BCUT2D eigenvalue weighted by Crippen LogP contribution is -2.44. The molecule has 23 heavy (non-hydrogen) atoms. The summed E-state index contributed by atoms with van der Waals surface area (Å²) >= 11 is 0. The minimum absolute atomic E-state index is 0.153. The van der Waals surface area contributed by atoms with E-state index in [1.165, 1.54) is 0 Å². The van der Waals surface area contributed by atoms with Gasteiger partial charge >= 0.3 is 12.4 Å². The highest BCUT2D eigenvalue weighted by atomic mass is 19.4.